The molecule has 1 aromatic carbocycles. The number of methoxy groups -OCH3 is 1. The number of hydrogen-bond acceptors (Lipinski definition) is 4. The van der Waals surface area contributed by atoms with Crippen molar-refractivity contribution in [2.75, 3.05) is 38.3 Å². The predicted octanol–water partition coefficient (Wildman–Crippen LogP) is 2.26. The topological polar surface area (TPSA) is 44.7 Å². The van der Waals surface area contributed by atoms with Crippen LogP contribution in [0.5, 0.6) is 5.75 Å². The molecule has 0 saturated carbocycles. The maximum atomic E-state index is 9.12. The molecule has 0 atom stereocenters. The SMILES string of the molecule is CCN(CCO)c1ccc(CNCC(C)C)cc1OC. The summed E-state index contributed by atoms with van der Waals surface area (Å²) in [5.74, 6) is 1.51. The van der Waals surface area contributed by atoms with Crippen LogP contribution in [0.25, 0.3) is 0 Å². The summed E-state index contributed by atoms with van der Waals surface area (Å²) in [4.78, 5) is 2.12. The van der Waals surface area contributed by atoms with Gasteiger partial charge < -0.3 is 20.1 Å². The van der Waals surface area contributed by atoms with E-state index >= 15 is 0 Å². The Hall–Kier alpha value is -1.26. The van der Waals surface area contributed by atoms with E-state index in [1.807, 2.05) is 0 Å². The van der Waals surface area contributed by atoms with Crippen LogP contribution in [0.3, 0.4) is 0 Å². The Bertz CT molecular complexity index is 394. The van der Waals surface area contributed by atoms with E-state index in [0.29, 0.717) is 12.5 Å². The highest BCUT2D eigenvalue weighted by Gasteiger charge is 2.10. The van der Waals surface area contributed by atoms with Crippen LogP contribution in [0.4, 0.5) is 5.69 Å². The Balaban J connectivity index is 2.78. The molecule has 4 heteroatoms. The van der Waals surface area contributed by atoms with Gasteiger partial charge in [-0.2, -0.15) is 0 Å². The number of likely N-dealkylation sites (N-methyl/N-ethyl adjacent to an activating group) is 1. The monoisotopic (exact) mass is 280 g/mol. The number of benzene rings is 1. The second kappa shape index (κ2) is 8.82. The van der Waals surface area contributed by atoms with Crippen molar-refractivity contribution in [3.63, 3.8) is 0 Å². The third-order valence-electron chi connectivity index (χ3n) is 3.22. The highest BCUT2D eigenvalue weighted by molar-refractivity contribution is 5.59. The predicted molar refractivity (Wildman–Crippen MR) is 84.5 cm³/mol. The van der Waals surface area contributed by atoms with E-state index in [9.17, 15) is 0 Å². The van der Waals surface area contributed by atoms with Crippen LogP contribution in [0, 0.1) is 5.92 Å². The highest BCUT2D eigenvalue weighted by Crippen LogP contribution is 2.29. The van der Waals surface area contributed by atoms with Crippen LogP contribution in [-0.4, -0.2) is 38.5 Å². The number of anilines is 1. The molecule has 0 amide bonds. The first-order chi connectivity index (χ1) is 9.62. The molecule has 0 aromatic heterocycles. The average Bonchev–Trinajstić information content (AvgIpc) is 2.44. The average molecular weight is 280 g/mol. The van der Waals surface area contributed by atoms with Crippen molar-refractivity contribution < 1.29 is 9.84 Å². The van der Waals surface area contributed by atoms with E-state index < -0.39 is 0 Å². The Morgan fingerprint density at radius 3 is 2.65 bits per heavy atom. The standard InChI is InChI=1S/C16H28N2O2/c1-5-18(8-9-19)15-7-6-14(10-16(15)20-4)12-17-11-13(2)3/h6-7,10,13,17,19H,5,8-9,11-12H2,1-4H3. The molecular weight excluding hydrogens is 252 g/mol. The quantitative estimate of drug-likeness (QED) is 0.728. The van der Waals surface area contributed by atoms with Crippen molar-refractivity contribution in [3.8, 4) is 5.75 Å². The normalized spacial score (nSPS) is 10.9. The molecule has 0 radical (unpaired) electrons. The van der Waals surface area contributed by atoms with E-state index in [1.165, 1.54) is 5.56 Å². The number of aliphatic hydroxyl groups excluding tert-OH is 1. The summed E-state index contributed by atoms with van der Waals surface area (Å²) in [5, 5.41) is 12.6. The lowest BCUT2D eigenvalue weighted by molar-refractivity contribution is 0.302. The Kier molecular flexibility index (Phi) is 7.41. The van der Waals surface area contributed by atoms with Gasteiger partial charge in [-0.05, 0) is 37.1 Å². The summed E-state index contributed by atoms with van der Waals surface area (Å²) in [7, 11) is 1.69. The van der Waals surface area contributed by atoms with Crippen LogP contribution in [0.2, 0.25) is 0 Å². The molecule has 1 rings (SSSR count). The summed E-state index contributed by atoms with van der Waals surface area (Å²) >= 11 is 0. The summed E-state index contributed by atoms with van der Waals surface area (Å²) < 4.78 is 5.49. The maximum Gasteiger partial charge on any atom is 0.142 e. The van der Waals surface area contributed by atoms with Crippen LogP contribution in [0.1, 0.15) is 26.3 Å². The molecule has 0 spiro atoms. The van der Waals surface area contributed by atoms with E-state index in [0.717, 1.165) is 31.1 Å². The molecule has 114 valence electrons. The molecule has 2 N–H and O–H groups in total. The van der Waals surface area contributed by atoms with Gasteiger partial charge >= 0.3 is 0 Å². The van der Waals surface area contributed by atoms with E-state index in [2.05, 4.69) is 49.2 Å². The Morgan fingerprint density at radius 1 is 1.35 bits per heavy atom. The van der Waals surface area contributed by atoms with Crippen molar-refractivity contribution in [1.29, 1.82) is 0 Å². The number of aliphatic hydroxyl groups is 1. The lowest BCUT2D eigenvalue weighted by Crippen LogP contribution is -2.26. The van der Waals surface area contributed by atoms with Gasteiger partial charge in [-0.15, -0.1) is 0 Å². The molecule has 20 heavy (non-hydrogen) atoms. The number of nitrogens with zero attached hydrogens (tertiary/aromatic N) is 1. The van der Waals surface area contributed by atoms with E-state index in [-0.39, 0.29) is 6.61 Å². The number of hydrogen-bond donors (Lipinski definition) is 2. The highest BCUT2D eigenvalue weighted by atomic mass is 16.5. The molecule has 0 aliphatic rings. The van der Waals surface area contributed by atoms with Crippen molar-refractivity contribution in [3.05, 3.63) is 23.8 Å². The molecular formula is C16H28N2O2. The molecule has 4 nitrogen and oxygen atoms in total. The van der Waals surface area contributed by atoms with Crippen LogP contribution in [-0.2, 0) is 6.54 Å². The second-order valence-corrected chi connectivity index (χ2v) is 5.33. The zero-order chi connectivity index (χ0) is 15.0. The maximum absolute atomic E-state index is 9.12. The first kappa shape index (κ1) is 16.8. The Labute approximate surface area is 122 Å². The minimum absolute atomic E-state index is 0.148. The fourth-order valence-electron chi connectivity index (χ4n) is 2.17. The zero-order valence-corrected chi connectivity index (χ0v) is 13.1. The van der Waals surface area contributed by atoms with Gasteiger partial charge in [0.05, 0.1) is 19.4 Å². The van der Waals surface area contributed by atoms with Crippen LogP contribution in [0.15, 0.2) is 18.2 Å². The van der Waals surface area contributed by atoms with Gasteiger partial charge in [0.1, 0.15) is 5.75 Å². The van der Waals surface area contributed by atoms with Gasteiger partial charge in [0, 0.05) is 19.6 Å². The third-order valence-corrected chi connectivity index (χ3v) is 3.22. The number of rotatable bonds is 9. The summed E-state index contributed by atoms with van der Waals surface area (Å²) in [6, 6.07) is 6.26. The fraction of sp³-hybridized carbons (Fsp3) is 0.625. The van der Waals surface area contributed by atoms with Crippen LogP contribution >= 0.6 is 0 Å². The summed E-state index contributed by atoms with van der Waals surface area (Å²) in [5.41, 5.74) is 2.25. The molecule has 0 fully saturated rings. The van der Waals surface area contributed by atoms with Crippen molar-refractivity contribution in [2.24, 2.45) is 5.92 Å². The van der Waals surface area contributed by atoms with E-state index in [4.69, 9.17) is 9.84 Å². The lowest BCUT2D eigenvalue weighted by Gasteiger charge is -2.24. The molecule has 0 unspecified atom stereocenters. The third kappa shape index (κ3) is 5.02. The van der Waals surface area contributed by atoms with Gasteiger partial charge in [0.15, 0.2) is 0 Å². The number of ether oxygens (including phenoxy) is 1. The molecule has 0 heterocycles. The van der Waals surface area contributed by atoms with Gasteiger partial charge in [-0.25, -0.2) is 0 Å². The van der Waals surface area contributed by atoms with Gasteiger partial charge in [-0.1, -0.05) is 19.9 Å². The first-order valence-corrected chi connectivity index (χ1v) is 7.35. The molecule has 0 saturated heterocycles. The molecule has 0 bridgehead atoms. The number of nitrogens with one attached hydrogen (secondary N) is 1. The largest absolute Gasteiger partial charge is 0.495 e. The summed E-state index contributed by atoms with van der Waals surface area (Å²) in [6.45, 7) is 9.95. The van der Waals surface area contributed by atoms with Crippen LogP contribution < -0.4 is 15.0 Å². The molecule has 0 aliphatic carbocycles. The van der Waals surface area contributed by atoms with Crippen molar-refractivity contribution >= 4 is 5.69 Å². The smallest absolute Gasteiger partial charge is 0.142 e. The lowest BCUT2D eigenvalue weighted by atomic mass is 10.1. The Morgan fingerprint density at radius 2 is 2.10 bits per heavy atom. The second-order valence-electron chi connectivity index (χ2n) is 5.33. The first-order valence-electron chi connectivity index (χ1n) is 7.35. The van der Waals surface area contributed by atoms with Crippen molar-refractivity contribution in [1.82, 2.24) is 5.32 Å². The van der Waals surface area contributed by atoms with Gasteiger partial charge in [0.2, 0.25) is 0 Å². The molecule has 1 aromatic rings. The zero-order valence-electron chi connectivity index (χ0n) is 13.1. The van der Waals surface area contributed by atoms with E-state index in [1.54, 1.807) is 7.11 Å². The minimum atomic E-state index is 0.148. The fourth-order valence-corrected chi connectivity index (χ4v) is 2.17. The molecule has 0 aliphatic heterocycles. The minimum Gasteiger partial charge on any atom is -0.495 e. The van der Waals surface area contributed by atoms with Gasteiger partial charge in [-0.3, -0.25) is 0 Å². The van der Waals surface area contributed by atoms with Crippen molar-refractivity contribution in [2.45, 2.75) is 27.3 Å². The summed E-state index contributed by atoms with van der Waals surface area (Å²) in [6.07, 6.45) is 0. The van der Waals surface area contributed by atoms with Gasteiger partial charge in [0.25, 0.3) is 0 Å².